The summed E-state index contributed by atoms with van der Waals surface area (Å²) in [6.07, 6.45) is 11.5. The minimum Gasteiger partial charge on any atom is -0.179 e. The van der Waals surface area contributed by atoms with Crippen molar-refractivity contribution in [1.29, 1.82) is 0 Å². The highest BCUT2D eigenvalue weighted by molar-refractivity contribution is 7.80. The van der Waals surface area contributed by atoms with Gasteiger partial charge in [0.15, 0.2) is 0 Å². The molecule has 0 N–H and O–H groups in total. The first kappa shape index (κ1) is 13.4. The van der Waals surface area contributed by atoms with E-state index < -0.39 is 0 Å². The van der Waals surface area contributed by atoms with Crippen LogP contribution in [-0.4, -0.2) is 5.75 Å². The topological polar surface area (TPSA) is 0 Å². The SMILES string of the molecule is CCCC(CC)C1CCCC1CCCS. The van der Waals surface area contributed by atoms with Crippen molar-refractivity contribution in [3.05, 3.63) is 0 Å². The monoisotopic (exact) mass is 228 g/mol. The van der Waals surface area contributed by atoms with Gasteiger partial charge in [0.1, 0.15) is 0 Å². The number of rotatable bonds is 7. The van der Waals surface area contributed by atoms with Crippen molar-refractivity contribution in [2.24, 2.45) is 17.8 Å². The summed E-state index contributed by atoms with van der Waals surface area (Å²) in [5, 5.41) is 0. The van der Waals surface area contributed by atoms with Crippen LogP contribution in [0.5, 0.6) is 0 Å². The second-order valence-electron chi connectivity index (χ2n) is 5.18. The van der Waals surface area contributed by atoms with Crippen LogP contribution >= 0.6 is 12.6 Å². The summed E-state index contributed by atoms with van der Waals surface area (Å²) in [6.45, 7) is 4.72. The maximum atomic E-state index is 4.34. The lowest BCUT2D eigenvalue weighted by Gasteiger charge is -2.27. The van der Waals surface area contributed by atoms with Gasteiger partial charge in [-0.25, -0.2) is 0 Å². The van der Waals surface area contributed by atoms with Crippen LogP contribution in [0.2, 0.25) is 0 Å². The van der Waals surface area contributed by atoms with Crippen LogP contribution in [0.4, 0.5) is 0 Å². The van der Waals surface area contributed by atoms with Gasteiger partial charge in [0.25, 0.3) is 0 Å². The Labute approximate surface area is 102 Å². The normalized spacial score (nSPS) is 28.2. The average molecular weight is 228 g/mol. The van der Waals surface area contributed by atoms with Crippen molar-refractivity contribution in [3.8, 4) is 0 Å². The molecule has 0 aromatic heterocycles. The first-order chi connectivity index (χ1) is 7.33. The molecule has 0 saturated heterocycles. The molecule has 0 nitrogen and oxygen atoms in total. The van der Waals surface area contributed by atoms with Gasteiger partial charge in [-0.15, -0.1) is 0 Å². The molecule has 3 atom stereocenters. The smallest absolute Gasteiger partial charge is 0.00978 e. The zero-order chi connectivity index (χ0) is 11.1. The van der Waals surface area contributed by atoms with Gasteiger partial charge < -0.3 is 0 Å². The summed E-state index contributed by atoms with van der Waals surface area (Å²) in [5.41, 5.74) is 0. The van der Waals surface area contributed by atoms with Crippen LogP contribution in [-0.2, 0) is 0 Å². The zero-order valence-corrected chi connectivity index (χ0v) is 11.4. The van der Waals surface area contributed by atoms with Crippen molar-refractivity contribution in [3.63, 3.8) is 0 Å². The minimum atomic E-state index is 1.02. The zero-order valence-electron chi connectivity index (χ0n) is 10.5. The van der Waals surface area contributed by atoms with E-state index >= 15 is 0 Å². The van der Waals surface area contributed by atoms with E-state index in [9.17, 15) is 0 Å². The first-order valence-corrected chi connectivity index (χ1v) is 7.57. The molecule has 90 valence electrons. The largest absolute Gasteiger partial charge is 0.179 e. The Kier molecular flexibility index (Phi) is 6.79. The van der Waals surface area contributed by atoms with Crippen LogP contribution in [0.15, 0.2) is 0 Å². The number of hydrogen-bond donors (Lipinski definition) is 1. The molecular weight excluding hydrogens is 200 g/mol. The van der Waals surface area contributed by atoms with Gasteiger partial charge in [0, 0.05) is 0 Å². The number of hydrogen-bond acceptors (Lipinski definition) is 1. The Morgan fingerprint density at radius 1 is 1.27 bits per heavy atom. The molecule has 1 aliphatic carbocycles. The minimum absolute atomic E-state index is 1.02. The molecule has 15 heavy (non-hydrogen) atoms. The molecule has 1 fully saturated rings. The Bertz CT molecular complexity index is 155. The van der Waals surface area contributed by atoms with E-state index in [1.54, 1.807) is 0 Å². The van der Waals surface area contributed by atoms with Gasteiger partial charge in [0.2, 0.25) is 0 Å². The van der Waals surface area contributed by atoms with E-state index in [1.807, 2.05) is 0 Å². The molecular formula is C14H28S. The predicted molar refractivity (Wildman–Crippen MR) is 72.6 cm³/mol. The molecule has 0 aliphatic heterocycles. The fourth-order valence-corrected chi connectivity index (χ4v) is 3.67. The van der Waals surface area contributed by atoms with Gasteiger partial charge in [0.05, 0.1) is 0 Å². The maximum Gasteiger partial charge on any atom is -0.00978 e. The molecule has 0 aromatic rings. The van der Waals surface area contributed by atoms with Crippen LogP contribution < -0.4 is 0 Å². The molecule has 3 unspecified atom stereocenters. The third-order valence-electron chi connectivity index (χ3n) is 4.24. The van der Waals surface area contributed by atoms with Crippen LogP contribution in [0, 0.1) is 17.8 Å². The Balaban J connectivity index is 2.42. The van der Waals surface area contributed by atoms with Gasteiger partial charge in [-0.1, -0.05) is 46.0 Å². The van der Waals surface area contributed by atoms with E-state index in [4.69, 9.17) is 0 Å². The lowest BCUT2D eigenvalue weighted by molar-refractivity contribution is 0.228. The van der Waals surface area contributed by atoms with Crippen molar-refractivity contribution in [1.82, 2.24) is 0 Å². The van der Waals surface area contributed by atoms with Gasteiger partial charge in [-0.3, -0.25) is 0 Å². The summed E-state index contributed by atoms with van der Waals surface area (Å²) in [4.78, 5) is 0. The Morgan fingerprint density at radius 2 is 2.07 bits per heavy atom. The van der Waals surface area contributed by atoms with Crippen LogP contribution in [0.1, 0.15) is 65.2 Å². The Morgan fingerprint density at radius 3 is 2.67 bits per heavy atom. The van der Waals surface area contributed by atoms with Crippen molar-refractivity contribution < 1.29 is 0 Å². The van der Waals surface area contributed by atoms with E-state index in [0.29, 0.717) is 0 Å². The maximum absolute atomic E-state index is 4.34. The van der Waals surface area contributed by atoms with E-state index in [-0.39, 0.29) is 0 Å². The highest BCUT2D eigenvalue weighted by atomic mass is 32.1. The van der Waals surface area contributed by atoms with Crippen molar-refractivity contribution in [2.75, 3.05) is 5.75 Å². The van der Waals surface area contributed by atoms with E-state index in [0.717, 1.165) is 23.5 Å². The van der Waals surface area contributed by atoms with Crippen LogP contribution in [0.3, 0.4) is 0 Å². The van der Waals surface area contributed by atoms with Gasteiger partial charge in [-0.05, 0) is 42.8 Å². The quantitative estimate of drug-likeness (QED) is 0.586. The number of thiol groups is 1. The molecule has 1 aliphatic rings. The standard InChI is InChI=1S/C14H28S/c1-3-7-12(4-2)14-10-5-8-13(14)9-6-11-15/h12-15H,3-11H2,1-2H3. The van der Waals surface area contributed by atoms with Gasteiger partial charge in [-0.2, -0.15) is 12.6 Å². The third kappa shape index (κ3) is 4.01. The lowest BCUT2D eigenvalue weighted by atomic mass is 9.78. The summed E-state index contributed by atoms with van der Waals surface area (Å²) in [7, 11) is 0. The van der Waals surface area contributed by atoms with Gasteiger partial charge >= 0.3 is 0 Å². The fraction of sp³-hybridized carbons (Fsp3) is 1.00. The molecule has 0 aromatic carbocycles. The summed E-state index contributed by atoms with van der Waals surface area (Å²) in [5.74, 6) is 4.18. The predicted octanol–water partition coefficient (Wildman–Crippen LogP) is 4.94. The highest BCUT2D eigenvalue weighted by Gasteiger charge is 2.31. The van der Waals surface area contributed by atoms with Crippen molar-refractivity contribution >= 4 is 12.6 Å². The molecule has 1 heteroatoms. The first-order valence-electron chi connectivity index (χ1n) is 6.94. The second kappa shape index (κ2) is 7.60. The van der Waals surface area contributed by atoms with E-state index in [2.05, 4.69) is 26.5 Å². The molecule has 0 spiro atoms. The molecule has 0 bridgehead atoms. The average Bonchev–Trinajstić information content (AvgIpc) is 2.71. The summed E-state index contributed by atoms with van der Waals surface area (Å²) in [6, 6.07) is 0. The third-order valence-corrected chi connectivity index (χ3v) is 4.56. The molecule has 0 amide bonds. The lowest BCUT2D eigenvalue weighted by Crippen LogP contribution is -2.18. The molecule has 1 rings (SSSR count). The fourth-order valence-electron chi connectivity index (χ4n) is 3.49. The molecule has 1 saturated carbocycles. The molecule has 0 heterocycles. The molecule has 0 radical (unpaired) electrons. The summed E-state index contributed by atoms with van der Waals surface area (Å²) >= 11 is 4.34. The Hall–Kier alpha value is 0.350. The van der Waals surface area contributed by atoms with E-state index in [1.165, 1.54) is 51.4 Å². The summed E-state index contributed by atoms with van der Waals surface area (Å²) < 4.78 is 0. The van der Waals surface area contributed by atoms with Crippen molar-refractivity contribution in [2.45, 2.75) is 65.2 Å². The highest BCUT2D eigenvalue weighted by Crippen LogP contribution is 2.42. The van der Waals surface area contributed by atoms with Crippen LogP contribution in [0.25, 0.3) is 0 Å². The second-order valence-corrected chi connectivity index (χ2v) is 5.62.